The van der Waals surface area contributed by atoms with Gasteiger partial charge in [-0.1, -0.05) is 13.3 Å². The molecule has 0 N–H and O–H groups in total. The highest BCUT2D eigenvalue weighted by Crippen LogP contribution is 2.40. The molecule has 98 valence electrons. The molecule has 2 unspecified atom stereocenters. The Hall–Kier alpha value is -0.763. The molecule has 0 amide bonds. The van der Waals surface area contributed by atoms with Crippen molar-refractivity contribution in [3.63, 3.8) is 0 Å². The van der Waals surface area contributed by atoms with Gasteiger partial charge >= 0.3 is 20.7 Å². The van der Waals surface area contributed by atoms with Gasteiger partial charge in [-0.05, 0) is 6.42 Å². The summed E-state index contributed by atoms with van der Waals surface area (Å²) in [5, 5.41) is 0. The van der Waals surface area contributed by atoms with E-state index in [1.165, 1.54) is 21.3 Å². The molecule has 0 aromatic rings. The molecule has 1 aliphatic rings. The normalized spacial score (nSPS) is 25.2. The molecule has 1 heterocycles. The molecular weight excluding hydrogens is 244 g/mol. The van der Waals surface area contributed by atoms with Crippen LogP contribution in [0, 0.1) is 5.92 Å². The molecule has 6 nitrogen and oxygen atoms in total. The number of carbonyl (C=O) groups is 2. The highest BCUT2D eigenvalue weighted by molar-refractivity contribution is 6.67. The van der Waals surface area contributed by atoms with E-state index < -0.39 is 32.2 Å². The lowest BCUT2D eigenvalue weighted by Gasteiger charge is -2.29. The van der Waals surface area contributed by atoms with Gasteiger partial charge in [0.25, 0.3) is 0 Å². The molecule has 1 saturated heterocycles. The van der Waals surface area contributed by atoms with Crippen LogP contribution in [0.1, 0.15) is 19.8 Å². The molecule has 1 fully saturated rings. The zero-order valence-corrected chi connectivity index (χ0v) is 11.5. The summed E-state index contributed by atoms with van der Waals surface area (Å²) in [6.45, 7) is 1.93. The third-order valence-corrected chi connectivity index (χ3v) is 6.10. The van der Waals surface area contributed by atoms with Crippen LogP contribution in [-0.2, 0) is 27.6 Å². The predicted octanol–water partition coefficient (Wildman–Crippen LogP) is 0.734. The monoisotopic (exact) mass is 262 g/mol. The Morgan fingerprint density at radius 1 is 1.12 bits per heavy atom. The molecule has 0 saturated carbocycles. The second kappa shape index (κ2) is 5.72. The van der Waals surface area contributed by atoms with Crippen molar-refractivity contribution in [1.82, 2.24) is 0 Å². The number of esters is 2. The van der Waals surface area contributed by atoms with Crippen LogP contribution in [0.3, 0.4) is 0 Å². The first-order chi connectivity index (χ1) is 8.06. The van der Waals surface area contributed by atoms with Gasteiger partial charge < -0.3 is 18.0 Å². The highest BCUT2D eigenvalue weighted by Gasteiger charge is 2.62. The predicted molar refractivity (Wildman–Crippen MR) is 60.0 cm³/mol. The fraction of sp³-hybridized carbons (Fsp3) is 0.800. The summed E-state index contributed by atoms with van der Waals surface area (Å²) in [5.41, 5.74) is -0.755. The Kier molecular flexibility index (Phi) is 4.81. The maximum Gasteiger partial charge on any atom is 0.515 e. The van der Waals surface area contributed by atoms with Crippen LogP contribution in [0.4, 0.5) is 0 Å². The number of ether oxygens (including phenoxy) is 1. The Morgan fingerprint density at radius 3 is 2.06 bits per heavy atom. The average molecular weight is 262 g/mol. The lowest BCUT2D eigenvalue weighted by molar-refractivity contribution is -0.153. The molecular formula is C10H18O6Si. The van der Waals surface area contributed by atoms with Crippen molar-refractivity contribution in [1.29, 1.82) is 0 Å². The van der Waals surface area contributed by atoms with Gasteiger partial charge in [0.2, 0.25) is 0 Å². The first-order valence-corrected chi connectivity index (χ1v) is 7.27. The minimum Gasteiger partial charge on any atom is -0.393 e. The summed E-state index contributed by atoms with van der Waals surface area (Å²) in [6.07, 6.45) is 1.32. The van der Waals surface area contributed by atoms with E-state index in [1.807, 2.05) is 6.92 Å². The number of hydrogen-bond acceptors (Lipinski definition) is 6. The largest absolute Gasteiger partial charge is 0.515 e. The van der Waals surface area contributed by atoms with E-state index >= 15 is 0 Å². The second-order valence-electron chi connectivity index (χ2n) is 3.83. The first-order valence-electron chi connectivity index (χ1n) is 5.47. The Balaban J connectivity index is 3.05. The molecule has 0 spiro atoms. The topological polar surface area (TPSA) is 71.1 Å². The van der Waals surface area contributed by atoms with Crippen molar-refractivity contribution in [3.05, 3.63) is 0 Å². The second-order valence-corrected chi connectivity index (χ2v) is 6.88. The average Bonchev–Trinajstić information content (AvgIpc) is 2.60. The van der Waals surface area contributed by atoms with Gasteiger partial charge in [-0.25, -0.2) is 0 Å². The molecule has 0 aromatic heterocycles. The summed E-state index contributed by atoms with van der Waals surface area (Å²) in [5.74, 6) is -1.64. The number of carbonyl (C=O) groups excluding carboxylic acids is 2. The van der Waals surface area contributed by atoms with Crippen molar-refractivity contribution < 1.29 is 27.6 Å². The summed E-state index contributed by atoms with van der Waals surface area (Å²) in [6, 6.07) is 0. The van der Waals surface area contributed by atoms with Crippen molar-refractivity contribution in [2.75, 3.05) is 21.3 Å². The molecule has 0 aliphatic carbocycles. The number of cyclic esters (lactones) is 2. The van der Waals surface area contributed by atoms with Crippen LogP contribution >= 0.6 is 0 Å². The van der Waals surface area contributed by atoms with Crippen molar-refractivity contribution in [2.24, 2.45) is 5.92 Å². The van der Waals surface area contributed by atoms with Crippen molar-refractivity contribution in [2.45, 2.75) is 25.3 Å². The molecule has 1 rings (SSSR count). The zero-order valence-electron chi connectivity index (χ0n) is 10.5. The fourth-order valence-electron chi connectivity index (χ4n) is 2.16. The van der Waals surface area contributed by atoms with Crippen molar-refractivity contribution >= 4 is 20.7 Å². The summed E-state index contributed by atoms with van der Waals surface area (Å²) in [4.78, 5) is 23.3. The number of hydrogen-bond donors (Lipinski definition) is 0. The zero-order chi connectivity index (χ0) is 13.1. The Labute approximate surface area is 102 Å². The van der Waals surface area contributed by atoms with Gasteiger partial charge in [0.05, 0.1) is 5.92 Å². The van der Waals surface area contributed by atoms with Crippen molar-refractivity contribution in [3.8, 4) is 0 Å². The van der Waals surface area contributed by atoms with Gasteiger partial charge in [0, 0.05) is 21.3 Å². The minimum absolute atomic E-state index is 0.509. The van der Waals surface area contributed by atoms with Gasteiger partial charge in [-0.15, -0.1) is 0 Å². The summed E-state index contributed by atoms with van der Waals surface area (Å²) < 4.78 is 20.4. The van der Waals surface area contributed by atoms with Crippen LogP contribution in [0.25, 0.3) is 0 Å². The Bertz CT molecular complexity index is 293. The van der Waals surface area contributed by atoms with Crippen LogP contribution in [0.2, 0.25) is 5.54 Å². The smallest absolute Gasteiger partial charge is 0.393 e. The van der Waals surface area contributed by atoms with E-state index in [-0.39, 0.29) is 0 Å². The molecule has 0 aromatic carbocycles. The third-order valence-electron chi connectivity index (χ3n) is 2.99. The minimum atomic E-state index is -3.18. The van der Waals surface area contributed by atoms with E-state index in [9.17, 15) is 9.59 Å². The molecule has 7 heteroatoms. The Morgan fingerprint density at radius 2 is 1.65 bits per heavy atom. The molecule has 0 bridgehead atoms. The van der Waals surface area contributed by atoms with Gasteiger partial charge in [-0.2, -0.15) is 0 Å². The van der Waals surface area contributed by atoms with Crippen LogP contribution in [0.15, 0.2) is 0 Å². The number of rotatable bonds is 6. The lowest BCUT2D eigenvalue weighted by atomic mass is 10.0. The highest BCUT2D eigenvalue weighted by atomic mass is 28.4. The SMILES string of the molecule is CCCC1C(=O)OC(=O)C1[Si](OC)(OC)OC. The maximum atomic E-state index is 11.7. The van der Waals surface area contributed by atoms with E-state index in [0.29, 0.717) is 6.42 Å². The van der Waals surface area contributed by atoms with E-state index in [4.69, 9.17) is 13.3 Å². The molecule has 2 atom stereocenters. The fourth-order valence-corrected chi connectivity index (χ4v) is 4.56. The van der Waals surface area contributed by atoms with Crippen LogP contribution in [0.5, 0.6) is 0 Å². The van der Waals surface area contributed by atoms with E-state index in [1.54, 1.807) is 0 Å². The van der Waals surface area contributed by atoms with E-state index in [2.05, 4.69) is 4.74 Å². The van der Waals surface area contributed by atoms with Crippen LogP contribution in [-0.4, -0.2) is 42.1 Å². The maximum absolute atomic E-state index is 11.7. The molecule has 17 heavy (non-hydrogen) atoms. The van der Waals surface area contributed by atoms with E-state index in [0.717, 1.165) is 6.42 Å². The first kappa shape index (κ1) is 14.3. The van der Waals surface area contributed by atoms with Gasteiger partial charge in [-0.3, -0.25) is 9.59 Å². The van der Waals surface area contributed by atoms with Crippen LogP contribution < -0.4 is 0 Å². The quantitative estimate of drug-likeness (QED) is 0.399. The summed E-state index contributed by atoms with van der Waals surface area (Å²) in [7, 11) is 1.06. The standard InChI is InChI=1S/C10H18O6Si/c1-5-6-7-8(10(12)16-9(7)11)17(13-2,14-3)15-4/h7-8H,5-6H2,1-4H3. The molecule has 0 radical (unpaired) electrons. The lowest BCUT2D eigenvalue weighted by Crippen LogP contribution is -2.51. The summed E-state index contributed by atoms with van der Waals surface area (Å²) >= 11 is 0. The molecule has 1 aliphatic heterocycles. The van der Waals surface area contributed by atoms with Gasteiger partial charge in [0.15, 0.2) is 0 Å². The third kappa shape index (κ3) is 2.42. The van der Waals surface area contributed by atoms with Gasteiger partial charge in [0.1, 0.15) is 5.54 Å².